The molecule has 1 heterocycles. The molecule has 2 unspecified atom stereocenters. The van der Waals surface area contributed by atoms with Gasteiger partial charge in [0.25, 0.3) is 5.91 Å². The first-order valence-corrected chi connectivity index (χ1v) is 11.5. The van der Waals surface area contributed by atoms with Gasteiger partial charge in [0, 0.05) is 17.0 Å². The van der Waals surface area contributed by atoms with Crippen LogP contribution in [0.5, 0.6) is 5.75 Å². The highest BCUT2D eigenvalue weighted by molar-refractivity contribution is 5.86. The van der Waals surface area contributed by atoms with Crippen LogP contribution in [0.3, 0.4) is 0 Å². The summed E-state index contributed by atoms with van der Waals surface area (Å²) < 4.78 is 11.2. The van der Waals surface area contributed by atoms with Gasteiger partial charge < -0.3 is 19.6 Å². The quantitative estimate of drug-likeness (QED) is 0.340. The molecule has 1 aromatic heterocycles. The Balaban J connectivity index is 2.12. The average molecular weight is 446 g/mol. The molecule has 7 heteroatoms. The number of carboxylic acid groups (broad SMARTS) is 1. The molecule has 0 fully saturated rings. The van der Waals surface area contributed by atoms with Gasteiger partial charge >= 0.3 is 11.6 Å². The highest BCUT2D eigenvalue weighted by atomic mass is 16.5. The van der Waals surface area contributed by atoms with Crippen molar-refractivity contribution >= 4 is 22.8 Å². The van der Waals surface area contributed by atoms with E-state index in [-0.39, 0.29) is 5.63 Å². The van der Waals surface area contributed by atoms with E-state index in [9.17, 15) is 19.5 Å². The second-order valence-corrected chi connectivity index (χ2v) is 8.26. The van der Waals surface area contributed by atoms with Gasteiger partial charge in [0.2, 0.25) is 0 Å². The molecule has 0 saturated carbocycles. The smallest absolute Gasteiger partial charge is 0.339 e. The molecule has 176 valence electrons. The summed E-state index contributed by atoms with van der Waals surface area (Å²) in [6, 6.07) is 4.21. The lowest BCUT2D eigenvalue weighted by molar-refractivity contribution is -0.143. The highest BCUT2D eigenvalue weighted by Gasteiger charge is 2.23. The van der Waals surface area contributed by atoms with Gasteiger partial charge in [-0.3, -0.25) is 4.79 Å². The number of fused-ring (bicyclic) bond motifs is 1. The molecular weight excluding hydrogens is 410 g/mol. The number of amides is 1. The van der Waals surface area contributed by atoms with Gasteiger partial charge in [-0.1, -0.05) is 46.0 Å². The maximum absolute atomic E-state index is 12.5. The third-order valence-electron chi connectivity index (χ3n) is 5.68. The predicted molar refractivity (Wildman–Crippen MR) is 124 cm³/mol. The first kappa shape index (κ1) is 25.4. The summed E-state index contributed by atoms with van der Waals surface area (Å²) in [6.07, 6.45) is 6.03. The van der Waals surface area contributed by atoms with Crippen molar-refractivity contribution in [1.82, 2.24) is 5.32 Å². The maximum Gasteiger partial charge on any atom is 0.339 e. The normalized spacial score (nSPS) is 13.0. The molecule has 0 aliphatic carbocycles. The summed E-state index contributed by atoms with van der Waals surface area (Å²) in [5.74, 6) is -1.19. The van der Waals surface area contributed by atoms with Gasteiger partial charge in [-0.15, -0.1) is 0 Å². The molecule has 0 aliphatic rings. The van der Waals surface area contributed by atoms with Crippen molar-refractivity contribution in [2.45, 2.75) is 91.2 Å². The molecule has 0 bridgehead atoms. The first-order valence-electron chi connectivity index (χ1n) is 11.5. The lowest BCUT2D eigenvalue weighted by atomic mass is 10.0. The van der Waals surface area contributed by atoms with E-state index in [1.54, 1.807) is 19.1 Å². The van der Waals surface area contributed by atoms with Crippen LogP contribution >= 0.6 is 0 Å². The zero-order valence-electron chi connectivity index (χ0n) is 19.5. The Labute approximate surface area is 189 Å². The second kappa shape index (κ2) is 12.3. The Kier molecular flexibility index (Phi) is 9.75. The lowest BCUT2D eigenvalue weighted by Gasteiger charge is -2.19. The third-order valence-corrected chi connectivity index (χ3v) is 5.68. The van der Waals surface area contributed by atoms with E-state index in [2.05, 4.69) is 12.2 Å². The van der Waals surface area contributed by atoms with Crippen molar-refractivity contribution in [3.8, 4) is 5.75 Å². The molecule has 0 aliphatic heterocycles. The molecule has 1 amide bonds. The van der Waals surface area contributed by atoms with Crippen molar-refractivity contribution in [3.63, 3.8) is 0 Å². The van der Waals surface area contributed by atoms with Gasteiger partial charge in [-0.2, -0.15) is 0 Å². The van der Waals surface area contributed by atoms with Crippen LogP contribution in [0.1, 0.15) is 76.8 Å². The Hall–Kier alpha value is -2.83. The Morgan fingerprint density at radius 2 is 1.84 bits per heavy atom. The molecule has 0 spiro atoms. The van der Waals surface area contributed by atoms with Gasteiger partial charge in [0.15, 0.2) is 6.10 Å². The van der Waals surface area contributed by atoms with Crippen LogP contribution < -0.4 is 15.7 Å². The molecule has 2 atom stereocenters. The average Bonchev–Trinajstić information content (AvgIpc) is 2.75. The number of hydrogen-bond donors (Lipinski definition) is 2. The summed E-state index contributed by atoms with van der Waals surface area (Å²) in [5, 5.41) is 12.7. The molecule has 0 saturated heterocycles. The monoisotopic (exact) mass is 445 g/mol. The summed E-state index contributed by atoms with van der Waals surface area (Å²) >= 11 is 0. The third kappa shape index (κ3) is 6.84. The number of carbonyl (C=O) groups excluding carboxylic acids is 1. The van der Waals surface area contributed by atoms with Crippen LogP contribution in [0, 0.1) is 6.92 Å². The molecular formula is C25H35NO6. The fraction of sp³-hybridized carbons (Fsp3) is 0.560. The standard InChI is InChI=1S/C25H35NO6/c1-5-7-9-10-11-20-16(3)19-14-13-18(15-22(19)32-25(20)30)31-17(4)23(27)26-21(24(28)29)12-8-6-2/h13-15,17,21H,5-12H2,1-4H3,(H,26,27)(H,28,29). The van der Waals surface area contributed by atoms with Crippen LogP contribution in [0.25, 0.3) is 11.0 Å². The molecule has 7 nitrogen and oxygen atoms in total. The molecule has 1 aromatic carbocycles. The minimum absolute atomic E-state index is 0.338. The zero-order valence-corrected chi connectivity index (χ0v) is 19.5. The van der Waals surface area contributed by atoms with E-state index in [4.69, 9.17) is 9.15 Å². The van der Waals surface area contributed by atoms with E-state index < -0.39 is 24.0 Å². The van der Waals surface area contributed by atoms with Crippen molar-refractivity contribution in [2.24, 2.45) is 0 Å². The van der Waals surface area contributed by atoms with Crippen LogP contribution in [0.15, 0.2) is 27.4 Å². The number of nitrogens with one attached hydrogen (secondary N) is 1. The number of aliphatic carboxylic acids is 1. The topological polar surface area (TPSA) is 106 Å². The molecule has 0 radical (unpaired) electrons. The fourth-order valence-electron chi connectivity index (χ4n) is 3.68. The number of hydrogen-bond acceptors (Lipinski definition) is 5. The van der Waals surface area contributed by atoms with Gasteiger partial charge in [0.1, 0.15) is 17.4 Å². The highest BCUT2D eigenvalue weighted by Crippen LogP contribution is 2.25. The number of rotatable bonds is 13. The van der Waals surface area contributed by atoms with Crippen molar-refractivity contribution in [3.05, 3.63) is 39.7 Å². The number of carbonyl (C=O) groups is 2. The first-order chi connectivity index (χ1) is 15.3. The largest absolute Gasteiger partial charge is 0.481 e. The Morgan fingerprint density at radius 1 is 1.12 bits per heavy atom. The molecule has 2 aromatic rings. The molecule has 2 N–H and O–H groups in total. The van der Waals surface area contributed by atoms with E-state index in [0.29, 0.717) is 36.2 Å². The number of aryl methyl sites for hydroxylation is 1. The number of ether oxygens (including phenoxy) is 1. The maximum atomic E-state index is 12.5. The predicted octanol–water partition coefficient (Wildman–Crippen LogP) is 4.75. The van der Waals surface area contributed by atoms with E-state index in [1.807, 2.05) is 19.9 Å². The second-order valence-electron chi connectivity index (χ2n) is 8.26. The SMILES string of the molecule is CCCCCCc1c(C)c2ccc(OC(C)C(=O)NC(CCCC)C(=O)O)cc2oc1=O. The van der Waals surface area contributed by atoms with E-state index in [0.717, 1.165) is 43.1 Å². The summed E-state index contributed by atoms with van der Waals surface area (Å²) in [6.45, 7) is 7.59. The molecule has 2 rings (SSSR count). The zero-order chi connectivity index (χ0) is 23.7. The van der Waals surface area contributed by atoms with Crippen LogP contribution in [-0.2, 0) is 16.0 Å². The minimum Gasteiger partial charge on any atom is -0.481 e. The van der Waals surface area contributed by atoms with Crippen molar-refractivity contribution in [2.75, 3.05) is 0 Å². The number of unbranched alkanes of at least 4 members (excludes halogenated alkanes) is 4. The summed E-state index contributed by atoms with van der Waals surface area (Å²) in [4.78, 5) is 36.3. The minimum atomic E-state index is -1.06. The van der Waals surface area contributed by atoms with Gasteiger partial charge in [0.05, 0.1) is 0 Å². The van der Waals surface area contributed by atoms with Crippen LogP contribution in [0.2, 0.25) is 0 Å². The van der Waals surface area contributed by atoms with E-state index in [1.165, 1.54) is 0 Å². The lowest BCUT2D eigenvalue weighted by Crippen LogP contribution is -2.46. The summed E-state index contributed by atoms with van der Waals surface area (Å²) in [7, 11) is 0. The van der Waals surface area contributed by atoms with Crippen LogP contribution in [-0.4, -0.2) is 29.1 Å². The Bertz CT molecular complexity index is 980. The Morgan fingerprint density at radius 3 is 2.50 bits per heavy atom. The fourth-order valence-corrected chi connectivity index (χ4v) is 3.68. The number of carboxylic acids is 1. The van der Waals surface area contributed by atoms with Gasteiger partial charge in [-0.05, 0) is 50.8 Å². The summed E-state index contributed by atoms with van der Waals surface area (Å²) in [5.41, 5.74) is 1.68. The van der Waals surface area contributed by atoms with Crippen LogP contribution in [0.4, 0.5) is 0 Å². The van der Waals surface area contributed by atoms with Gasteiger partial charge in [-0.25, -0.2) is 9.59 Å². The van der Waals surface area contributed by atoms with E-state index >= 15 is 0 Å². The number of benzene rings is 1. The van der Waals surface area contributed by atoms with Crippen molar-refractivity contribution in [1.29, 1.82) is 0 Å². The molecule has 32 heavy (non-hydrogen) atoms. The van der Waals surface area contributed by atoms with Crippen molar-refractivity contribution < 1.29 is 23.8 Å².